The lowest BCUT2D eigenvalue weighted by molar-refractivity contribution is 0.480. The van der Waals surface area contributed by atoms with E-state index in [-0.39, 0.29) is 11.5 Å². The lowest BCUT2D eigenvalue weighted by atomic mass is 10.1. The molecule has 0 atom stereocenters. The predicted octanol–water partition coefficient (Wildman–Crippen LogP) is 3.35. The number of hydrogen-bond donors (Lipinski definition) is 2. The van der Waals surface area contributed by atoms with Gasteiger partial charge in [0.1, 0.15) is 16.8 Å². The second kappa shape index (κ2) is 3.81. The number of para-hydroxylation sites is 1. The molecular formula is C16H10N2O2. The second-order valence-corrected chi connectivity index (χ2v) is 4.68. The number of fused-ring (bicyclic) bond motifs is 3. The molecule has 0 saturated carbocycles. The minimum absolute atomic E-state index is 0.0875. The maximum atomic E-state index is 10.4. The van der Waals surface area contributed by atoms with E-state index in [1.807, 2.05) is 30.3 Å². The summed E-state index contributed by atoms with van der Waals surface area (Å²) in [7, 11) is 0. The topological polar surface area (TPSA) is 66.2 Å². The second-order valence-electron chi connectivity index (χ2n) is 4.68. The van der Waals surface area contributed by atoms with E-state index < -0.39 is 0 Å². The zero-order valence-electron chi connectivity index (χ0n) is 10.4. The fraction of sp³-hybridized carbons (Fsp3) is 0. The van der Waals surface area contributed by atoms with Crippen LogP contribution in [0.4, 0.5) is 0 Å². The molecule has 0 bridgehead atoms. The van der Waals surface area contributed by atoms with Crippen LogP contribution in [0.15, 0.2) is 48.5 Å². The summed E-state index contributed by atoms with van der Waals surface area (Å²) in [6, 6.07) is 14.4. The Morgan fingerprint density at radius 2 is 1.55 bits per heavy atom. The summed E-state index contributed by atoms with van der Waals surface area (Å²) in [6.45, 7) is 0. The van der Waals surface area contributed by atoms with Gasteiger partial charge in [0.2, 0.25) is 0 Å². The molecule has 0 amide bonds. The predicted molar refractivity (Wildman–Crippen MR) is 77.9 cm³/mol. The Kier molecular flexibility index (Phi) is 2.09. The summed E-state index contributed by atoms with van der Waals surface area (Å²) in [6.07, 6.45) is 0. The third-order valence-corrected chi connectivity index (χ3v) is 3.43. The van der Waals surface area contributed by atoms with Crippen LogP contribution in [0.25, 0.3) is 32.8 Å². The number of phenolic OH excluding ortho intramolecular Hbond substituents is 2. The van der Waals surface area contributed by atoms with E-state index in [0.29, 0.717) is 22.1 Å². The smallest absolute Gasteiger partial charge is 0.151 e. The molecule has 0 radical (unpaired) electrons. The van der Waals surface area contributed by atoms with E-state index in [1.54, 1.807) is 18.2 Å². The van der Waals surface area contributed by atoms with Gasteiger partial charge >= 0.3 is 0 Å². The Hall–Kier alpha value is -2.88. The number of rotatable bonds is 0. The molecule has 4 rings (SSSR count). The summed E-state index contributed by atoms with van der Waals surface area (Å²) in [5.74, 6) is 0.209. The van der Waals surface area contributed by atoms with Gasteiger partial charge in [-0.05, 0) is 23.6 Å². The summed E-state index contributed by atoms with van der Waals surface area (Å²) in [5, 5.41) is 21.9. The van der Waals surface area contributed by atoms with Crippen LogP contribution in [0.1, 0.15) is 0 Å². The molecule has 0 aliphatic heterocycles. The van der Waals surface area contributed by atoms with E-state index in [9.17, 15) is 10.2 Å². The van der Waals surface area contributed by atoms with Crippen molar-refractivity contribution in [1.29, 1.82) is 0 Å². The highest BCUT2D eigenvalue weighted by Crippen LogP contribution is 2.33. The Balaban J connectivity index is 2.25. The molecule has 96 valence electrons. The number of hydrogen-bond acceptors (Lipinski definition) is 4. The van der Waals surface area contributed by atoms with Crippen LogP contribution in [-0.4, -0.2) is 20.2 Å². The minimum Gasteiger partial charge on any atom is -0.506 e. The molecule has 4 nitrogen and oxygen atoms in total. The van der Waals surface area contributed by atoms with Crippen LogP contribution in [-0.2, 0) is 0 Å². The van der Waals surface area contributed by atoms with Crippen LogP contribution in [0, 0.1) is 0 Å². The normalized spacial score (nSPS) is 11.4. The highest BCUT2D eigenvalue weighted by molar-refractivity contribution is 6.04. The highest BCUT2D eigenvalue weighted by Gasteiger charge is 2.11. The van der Waals surface area contributed by atoms with Crippen molar-refractivity contribution in [2.75, 3.05) is 0 Å². The van der Waals surface area contributed by atoms with Gasteiger partial charge in [-0.25, -0.2) is 9.97 Å². The molecule has 3 aromatic carbocycles. The number of aromatic nitrogens is 2. The van der Waals surface area contributed by atoms with Crippen LogP contribution < -0.4 is 0 Å². The van der Waals surface area contributed by atoms with Gasteiger partial charge in [0, 0.05) is 5.39 Å². The zero-order chi connectivity index (χ0) is 13.7. The van der Waals surface area contributed by atoms with Gasteiger partial charge in [-0.15, -0.1) is 0 Å². The molecule has 2 N–H and O–H groups in total. The van der Waals surface area contributed by atoms with Crippen molar-refractivity contribution in [2.45, 2.75) is 0 Å². The quantitative estimate of drug-likeness (QED) is 0.477. The van der Waals surface area contributed by atoms with Gasteiger partial charge in [-0.3, -0.25) is 0 Å². The molecule has 1 aromatic heterocycles. The molecule has 20 heavy (non-hydrogen) atoms. The first-order chi connectivity index (χ1) is 9.74. The first-order valence-corrected chi connectivity index (χ1v) is 6.24. The molecule has 4 aromatic rings. The van der Waals surface area contributed by atoms with Crippen molar-refractivity contribution in [1.82, 2.24) is 9.97 Å². The van der Waals surface area contributed by atoms with Gasteiger partial charge in [0.25, 0.3) is 0 Å². The largest absolute Gasteiger partial charge is 0.506 e. The van der Waals surface area contributed by atoms with E-state index in [2.05, 4.69) is 9.97 Å². The zero-order valence-corrected chi connectivity index (χ0v) is 10.4. The van der Waals surface area contributed by atoms with Crippen LogP contribution in [0.5, 0.6) is 11.5 Å². The molecule has 0 aliphatic carbocycles. The standard InChI is InChI=1S/C16H10N2O2/c19-13-7-3-6-11-14(13)18-12-8-9-4-1-2-5-10(9)16(20)15(12)17-11/h1-8,19-20H. The molecular weight excluding hydrogens is 252 g/mol. The first-order valence-electron chi connectivity index (χ1n) is 6.24. The summed E-state index contributed by atoms with van der Waals surface area (Å²) in [5.41, 5.74) is 2.01. The van der Waals surface area contributed by atoms with Gasteiger partial charge in [-0.1, -0.05) is 30.3 Å². The summed E-state index contributed by atoms with van der Waals surface area (Å²) < 4.78 is 0. The Morgan fingerprint density at radius 3 is 2.45 bits per heavy atom. The molecule has 0 unspecified atom stereocenters. The Morgan fingerprint density at radius 1 is 0.750 bits per heavy atom. The average molecular weight is 262 g/mol. The Bertz CT molecular complexity index is 980. The third kappa shape index (κ3) is 1.42. The third-order valence-electron chi connectivity index (χ3n) is 3.43. The molecule has 0 aliphatic rings. The molecule has 4 heteroatoms. The molecule has 0 spiro atoms. The number of phenols is 2. The van der Waals surface area contributed by atoms with Crippen molar-refractivity contribution < 1.29 is 10.2 Å². The van der Waals surface area contributed by atoms with Crippen LogP contribution >= 0.6 is 0 Å². The van der Waals surface area contributed by atoms with E-state index >= 15 is 0 Å². The van der Waals surface area contributed by atoms with Crippen molar-refractivity contribution in [3.8, 4) is 11.5 Å². The van der Waals surface area contributed by atoms with Gasteiger partial charge in [-0.2, -0.15) is 0 Å². The van der Waals surface area contributed by atoms with Gasteiger partial charge in [0.05, 0.1) is 11.0 Å². The van der Waals surface area contributed by atoms with E-state index in [4.69, 9.17) is 0 Å². The lowest BCUT2D eigenvalue weighted by Crippen LogP contribution is -1.89. The average Bonchev–Trinajstić information content (AvgIpc) is 2.47. The summed E-state index contributed by atoms with van der Waals surface area (Å²) in [4.78, 5) is 8.83. The van der Waals surface area contributed by atoms with Crippen molar-refractivity contribution >= 4 is 32.8 Å². The van der Waals surface area contributed by atoms with E-state index in [1.165, 1.54) is 0 Å². The summed E-state index contributed by atoms with van der Waals surface area (Å²) >= 11 is 0. The van der Waals surface area contributed by atoms with Crippen LogP contribution in [0.3, 0.4) is 0 Å². The fourth-order valence-electron chi connectivity index (χ4n) is 2.46. The molecule has 1 heterocycles. The highest BCUT2D eigenvalue weighted by atomic mass is 16.3. The molecule has 0 fully saturated rings. The Labute approximate surface area is 114 Å². The molecule has 0 saturated heterocycles. The number of aromatic hydroxyl groups is 2. The minimum atomic E-state index is 0.0875. The SMILES string of the molecule is Oc1cccc2nc3c(O)c4ccccc4cc3nc12. The van der Waals surface area contributed by atoms with Gasteiger partial charge < -0.3 is 10.2 Å². The fourth-order valence-corrected chi connectivity index (χ4v) is 2.46. The maximum absolute atomic E-state index is 10.4. The van der Waals surface area contributed by atoms with Crippen LogP contribution in [0.2, 0.25) is 0 Å². The monoisotopic (exact) mass is 262 g/mol. The number of nitrogens with zero attached hydrogens (tertiary/aromatic N) is 2. The maximum Gasteiger partial charge on any atom is 0.151 e. The lowest BCUT2D eigenvalue weighted by Gasteiger charge is -2.07. The number of benzene rings is 3. The van der Waals surface area contributed by atoms with Crippen molar-refractivity contribution in [3.05, 3.63) is 48.5 Å². The first kappa shape index (κ1) is 11.0. The van der Waals surface area contributed by atoms with Gasteiger partial charge in [0.15, 0.2) is 5.75 Å². The van der Waals surface area contributed by atoms with Crippen molar-refractivity contribution in [3.63, 3.8) is 0 Å². The van der Waals surface area contributed by atoms with E-state index in [0.717, 1.165) is 10.8 Å². The van der Waals surface area contributed by atoms with Crippen molar-refractivity contribution in [2.24, 2.45) is 0 Å².